The molecule has 0 saturated carbocycles. The van der Waals surface area contributed by atoms with Crippen molar-refractivity contribution in [3.63, 3.8) is 0 Å². The fraction of sp³-hybridized carbons (Fsp3) is 0.300. The van der Waals surface area contributed by atoms with Gasteiger partial charge >= 0.3 is 0 Å². The van der Waals surface area contributed by atoms with Gasteiger partial charge in [0.1, 0.15) is 0 Å². The molecule has 2 rings (SSSR count). The van der Waals surface area contributed by atoms with E-state index in [0.717, 1.165) is 24.2 Å². The van der Waals surface area contributed by atoms with E-state index in [1.54, 1.807) is 6.07 Å². The maximum atomic E-state index is 10.9. The fourth-order valence-corrected chi connectivity index (χ4v) is 1.68. The Morgan fingerprint density at radius 2 is 2.29 bits per heavy atom. The second-order valence-corrected chi connectivity index (χ2v) is 3.58. The van der Waals surface area contributed by atoms with Crippen molar-refractivity contribution in [2.24, 2.45) is 11.5 Å². The van der Waals surface area contributed by atoms with Crippen molar-refractivity contribution in [3.05, 3.63) is 29.3 Å². The Kier molecular flexibility index (Phi) is 2.13. The van der Waals surface area contributed by atoms with Gasteiger partial charge in [-0.3, -0.25) is 4.79 Å². The molecule has 0 aromatic heterocycles. The Balaban J connectivity index is 2.37. The third-order valence-corrected chi connectivity index (χ3v) is 2.43. The third-order valence-electron chi connectivity index (χ3n) is 2.43. The SMILES string of the molecule is NC(=O)c1ccc2c(c1)CC(N)CN2. The smallest absolute Gasteiger partial charge is 0.248 e. The zero-order valence-electron chi connectivity index (χ0n) is 7.79. The Bertz CT molecular complexity index is 376. The first kappa shape index (κ1) is 9.02. The minimum atomic E-state index is -0.396. The van der Waals surface area contributed by atoms with Crippen LogP contribution in [0.4, 0.5) is 5.69 Å². The highest BCUT2D eigenvalue weighted by Crippen LogP contribution is 2.22. The van der Waals surface area contributed by atoms with E-state index in [-0.39, 0.29) is 6.04 Å². The van der Waals surface area contributed by atoms with Crippen LogP contribution in [0, 0.1) is 0 Å². The summed E-state index contributed by atoms with van der Waals surface area (Å²) in [5, 5.41) is 3.20. The summed E-state index contributed by atoms with van der Waals surface area (Å²) in [4.78, 5) is 10.9. The first-order valence-electron chi connectivity index (χ1n) is 4.59. The lowest BCUT2D eigenvalue weighted by Crippen LogP contribution is -2.35. The van der Waals surface area contributed by atoms with Crippen molar-refractivity contribution in [3.8, 4) is 0 Å². The summed E-state index contributed by atoms with van der Waals surface area (Å²) in [5.41, 5.74) is 13.7. The first-order valence-corrected chi connectivity index (χ1v) is 4.59. The number of hydrogen-bond donors (Lipinski definition) is 3. The van der Waals surface area contributed by atoms with Crippen molar-refractivity contribution in [2.75, 3.05) is 11.9 Å². The molecule has 4 nitrogen and oxygen atoms in total. The molecule has 1 unspecified atom stereocenters. The van der Waals surface area contributed by atoms with E-state index < -0.39 is 5.91 Å². The molecule has 74 valence electrons. The molecular weight excluding hydrogens is 178 g/mol. The van der Waals surface area contributed by atoms with Crippen LogP contribution >= 0.6 is 0 Å². The quantitative estimate of drug-likeness (QED) is 0.588. The lowest BCUT2D eigenvalue weighted by atomic mass is 9.98. The molecule has 0 saturated heterocycles. The zero-order valence-corrected chi connectivity index (χ0v) is 7.79. The molecule has 1 aliphatic rings. The average molecular weight is 191 g/mol. The molecule has 0 aliphatic carbocycles. The zero-order chi connectivity index (χ0) is 10.1. The van der Waals surface area contributed by atoms with E-state index >= 15 is 0 Å². The summed E-state index contributed by atoms with van der Waals surface area (Å²) in [6.45, 7) is 0.781. The third kappa shape index (κ3) is 1.56. The molecule has 0 fully saturated rings. The Morgan fingerprint density at radius 1 is 1.50 bits per heavy atom. The monoisotopic (exact) mass is 191 g/mol. The Morgan fingerprint density at radius 3 is 3.00 bits per heavy atom. The number of benzene rings is 1. The summed E-state index contributed by atoms with van der Waals surface area (Å²) < 4.78 is 0. The fourth-order valence-electron chi connectivity index (χ4n) is 1.68. The highest BCUT2D eigenvalue weighted by Gasteiger charge is 2.15. The lowest BCUT2D eigenvalue weighted by molar-refractivity contribution is 0.1000. The van der Waals surface area contributed by atoms with Crippen molar-refractivity contribution >= 4 is 11.6 Å². The first-order chi connectivity index (χ1) is 6.66. The largest absolute Gasteiger partial charge is 0.383 e. The predicted molar refractivity (Wildman–Crippen MR) is 55.1 cm³/mol. The van der Waals surface area contributed by atoms with Gasteiger partial charge in [-0.15, -0.1) is 0 Å². The van der Waals surface area contributed by atoms with Gasteiger partial charge in [0.05, 0.1) is 0 Å². The normalized spacial score (nSPS) is 19.6. The second kappa shape index (κ2) is 3.31. The average Bonchev–Trinajstić information content (AvgIpc) is 2.16. The van der Waals surface area contributed by atoms with Crippen LogP contribution in [0.2, 0.25) is 0 Å². The molecule has 0 bridgehead atoms. The van der Waals surface area contributed by atoms with Crippen LogP contribution < -0.4 is 16.8 Å². The van der Waals surface area contributed by atoms with Gasteiger partial charge in [-0.2, -0.15) is 0 Å². The van der Waals surface area contributed by atoms with E-state index in [1.165, 1.54) is 0 Å². The van der Waals surface area contributed by atoms with Crippen LogP contribution in [0.5, 0.6) is 0 Å². The van der Waals surface area contributed by atoms with E-state index in [2.05, 4.69) is 5.32 Å². The van der Waals surface area contributed by atoms with Gasteiger partial charge < -0.3 is 16.8 Å². The van der Waals surface area contributed by atoms with Crippen LogP contribution in [0.1, 0.15) is 15.9 Å². The number of carbonyl (C=O) groups excluding carboxylic acids is 1. The van der Waals surface area contributed by atoms with Crippen LogP contribution in [-0.4, -0.2) is 18.5 Å². The Hall–Kier alpha value is -1.55. The van der Waals surface area contributed by atoms with Crippen molar-refractivity contribution in [2.45, 2.75) is 12.5 Å². The standard InChI is InChI=1S/C10H13N3O/c11-8-4-7-3-6(10(12)14)1-2-9(7)13-5-8/h1-3,8,13H,4-5,11H2,(H2,12,14). The summed E-state index contributed by atoms with van der Waals surface area (Å²) in [7, 11) is 0. The predicted octanol–water partition coefficient (Wildman–Crippen LogP) is 0.0808. The van der Waals surface area contributed by atoms with Crippen LogP contribution in [-0.2, 0) is 6.42 Å². The topological polar surface area (TPSA) is 81.1 Å². The number of carbonyl (C=O) groups is 1. The van der Waals surface area contributed by atoms with Crippen LogP contribution in [0.25, 0.3) is 0 Å². The maximum Gasteiger partial charge on any atom is 0.248 e. The van der Waals surface area contributed by atoms with Crippen LogP contribution in [0.15, 0.2) is 18.2 Å². The summed E-state index contributed by atoms with van der Waals surface area (Å²) >= 11 is 0. The summed E-state index contributed by atoms with van der Waals surface area (Å²) in [5.74, 6) is -0.396. The molecule has 1 aliphatic heterocycles. The van der Waals surface area contributed by atoms with Gasteiger partial charge in [0.15, 0.2) is 0 Å². The van der Waals surface area contributed by atoms with Gasteiger partial charge in [0.2, 0.25) is 5.91 Å². The number of nitrogens with one attached hydrogen (secondary N) is 1. The molecule has 1 amide bonds. The number of anilines is 1. The summed E-state index contributed by atoms with van der Waals surface area (Å²) in [6.07, 6.45) is 0.795. The number of amides is 1. The van der Waals surface area contributed by atoms with Gasteiger partial charge in [0, 0.05) is 23.8 Å². The number of fused-ring (bicyclic) bond motifs is 1. The number of hydrogen-bond acceptors (Lipinski definition) is 3. The maximum absolute atomic E-state index is 10.9. The molecule has 0 spiro atoms. The molecule has 5 N–H and O–H groups in total. The molecule has 14 heavy (non-hydrogen) atoms. The van der Waals surface area contributed by atoms with Gasteiger partial charge in [0.25, 0.3) is 0 Å². The molecule has 4 heteroatoms. The van der Waals surface area contributed by atoms with E-state index in [0.29, 0.717) is 5.56 Å². The van der Waals surface area contributed by atoms with Crippen molar-refractivity contribution in [1.82, 2.24) is 0 Å². The number of rotatable bonds is 1. The highest BCUT2D eigenvalue weighted by atomic mass is 16.1. The van der Waals surface area contributed by atoms with Gasteiger partial charge in [-0.25, -0.2) is 0 Å². The van der Waals surface area contributed by atoms with Crippen molar-refractivity contribution in [1.29, 1.82) is 0 Å². The molecule has 1 aromatic rings. The minimum Gasteiger partial charge on any atom is -0.383 e. The molecule has 1 aromatic carbocycles. The second-order valence-electron chi connectivity index (χ2n) is 3.58. The van der Waals surface area contributed by atoms with E-state index in [4.69, 9.17) is 11.5 Å². The lowest BCUT2D eigenvalue weighted by Gasteiger charge is -2.23. The molecular formula is C10H13N3O. The molecule has 1 heterocycles. The van der Waals surface area contributed by atoms with Crippen LogP contribution in [0.3, 0.4) is 0 Å². The van der Waals surface area contributed by atoms with E-state index in [9.17, 15) is 4.79 Å². The number of nitrogens with two attached hydrogens (primary N) is 2. The van der Waals surface area contributed by atoms with Gasteiger partial charge in [-0.05, 0) is 30.2 Å². The number of primary amides is 1. The molecule has 1 atom stereocenters. The summed E-state index contributed by atoms with van der Waals surface area (Å²) in [6, 6.07) is 5.53. The van der Waals surface area contributed by atoms with E-state index in [1.807, 2.05) is 12.1 Å². The van der Waals surface area contributed by atoms with Gasteiger partial charge in [-0.1, -0.05) is 0 Å². The van der Waals surface area contributed by atoms with Crippen molar-refractivity contribution < 1.29 is 4.79 Å². The minimum absolute atomic E-state index is 0.116. The molecule has 0 radical (unpaired) electrons. The Labute approximate surface area is 82.3 Å². The highest BCUT2D eigenvalue weighted by molar-refractivity contribution is 5.93.